The smallest absolute Gasteiger partial charge is 0.165 e. The molecule has 102 valence electrons. The summed E-state index contributed by atoms with van der Waals surface area (Å²) in [6.45, 7) is 6.56. The molecule has 0 saturated heterocycles. The molecule has 1 aromatic carbocycles. The van der Waals surface area contributed by atoms with Crippen molar-refractivity contribution in [2.45, 2.75) is 26.8 Å². The van der Waals surface area contributed by atoms with Crippen molar-refractivity contribution in [1.29, 1.82) is 5.26 Å². The predicted octanol–water partition coefficient (Wildman–Crippen LogP) is 2.49. The first-order chi connectivity index (χ1) is 9.12. The number of nitrogens with one attached hydrogen (secondary N) is 1. The Hall–Kier alpha value is -1.73. The van der Waals surface area contributed by atoms with Crippen molar-refractivity contribution in [3.63, 3.8) is 0 Å². The molecule has 4 heteroatoms. The molecule has 0 aromatic heterocycles. The monoisotopic (exact) mass is 260 g/mol. The number of nitrogens with zero attached hydrogens (tertiary/aromatic N) is 1. The Morgan fingerprint density at radius 2 is 2.11 bits per heavy atom. The molecule has 0 spiro atoms. The molecular weight excluding hydrogens is 240 g/mol. The average Bonchev–Trinajstić information content (AvgIpc) is 2.64. The molecule has 0 radical (unpaired) electrons. The SMILES string of the molecule is CC(C)(C#N)CNCc1cccc2c1OCCCO2. The second-order valence-corrected chi connectivity index (χ2v) is 5.39. The quantitative estimate of drug-likeness (QED) is 0.903. The summed E-state index contributed by atoms with van der Waals surface area (Å²) < 4.78 is 11.4. The van der Waals surface area contributed by atoms with Crippen LogP contribution < -0.4 is 14.8 Å². The van der Waals surface area contributed by atoms with Gasteiger partial charge in [0.25, 0.3) is 0 Å². The van der Waals surface area contributed by atoms with Crippen LogP contribution in [0.15, 0.2) is 18.2 Å². The van der Waals surface area contributed by atoms with Gasteiger partial charge in [0.1, 0.15) is 0 Å². The van der Waals surface area contributed by atoms with Crippen molar-refractivity contribution in [3.8, 4) is 17.6 Å². The zero-order chi connectivity index (χ0) is 13.7. The maximum atomic E-state index is 8.99. The highest BCUT2D eigenvalue weighted by Crippen LogP contribution is 2.33. The molecule has 4 nitrogen and oxygen atoms in total. The van der Waals surface area contributed by atoms with Gasteiger partial charge in [0, 0.05) is 25.1 Å². The molecule has 0 aliphatic carbocycles. The van der Waals surface area contributed by atoms with E-state index in [1.54, 1.807) is 0 Å². The molecule has 2 rings (SSSR count). The van der Waals surface area contributed by atoms with Crippen LogP contribution in [0.3, 0.4) is 0 Å². The van der Waals surface area contributed by atoms with E-state index in [2.05, 4.69) is 11.4 Å². The van der Waals surface area contributed by atoms with Gasteiger partial charge in [-0.25, -0.2) is 0 Å². The topological polar surface area (TPSA) is 54.3 Å². The van der Waals surface area contributed by atoms with Crippen LogP contribution in [-0.4, -0.2) is 19.8 Å². The first-order valence-corrected chi connectivity index (χ1v) is 6.62. The van der Waals surface area contributed by atoms with Crippen molar-refractivity contribution >= 4 is 0 Å². The summed E-state index contributed by atoms with van der Waals surface area (Å²) in [6.07, 6.45) is 0.906. The summed E-state index contributed by atoms with van der Waals surface area (Å²) in [6, 6.07) is 8.22. The zero-order valence-corrected chi connectivity index (χ0v) is 11.5. The molecular formula is C15H20N2O2. The number of hydrogen-bond acceptors (Lipinski definition) is 4. The fourth-order valence-corrected chi connectivity index (χ4v) is 1.94. The van der Waals surface area contributed by atoms with Gasteiger partial charge in [-0.15, -0.1) is 0 Å². The minimum absolute atomic E-state index is 0.358. The number of fused-ring (bicyclic) bond motifs is 1. The van der Waals surface area contributed by atoms with Crippen LogP contribution in [0.1, 0.15) is 25.8 Å². The fourth-order valence-electron chi connectivity index (χ4n) is 1.94. The highest BCUT2D eigenvalue weighted by molar-refractivity contribution is 5.47. The van der Waals surface area contributed by atoms with E-state index in [9.17, 15) is 0 Å². The molecule has 0 atom stereocenters. The first-order valence-electron chi connectivity index (χ1n) is 6.62. The summed E-state index contributed by atoms with van der Waals surface area (Å²) in [5, 5.41) is 12.3. The Bertz CT molecular complexity index is 478. The lowest BCUT2D eigenvalue weighted by Crippen LogP contribution is -2.27. The van der Waals surface area contributed by atoms with Crippen LogP contribution in [0.2, 0.25) is 0 Å². The molecule has 0 fully saturated rings. The number of rotatable bonds is 4. The van der Waals surface area contributed by atoms with Crippen LogP contribution in [0.25, 0.3) is 0 Å². The first kappa shape index (κ1) is 13.7. The number of nitriles is 1. The van der Waals surface area contributed by atoms with Gasteiger partial charge >= 0.3 is 0 Å². The van der Waals surface area contributed by atoms with Gasteiger partial charge in [-0.05, 0) is 19.9 Å². The lowest BCUT2D eigenvalue weighted by atomic mass is 9.96. The van der Waals surface area contributed by atoms with Gasteiger partial charge in [0.2, 0.25) is 0 Å². The van der Waals surface area contributed by atoms with E-state index < -0.39 is 0 Å². The lowest BCUT2D eigenvalue weighted by Gasteiger charge is -2.17. The van der Waals surface area contributed by atoms with Crippen molar-refractivity contribution in [2.75, 3.05) is 19.8 Å². The van der Waals surface area contributed by atoms with E-state index in [1.165, 1.54) is 0 Å². The fraction of sp³-hybridized carbons (Fsp3) is 0.533. The van der Waals surface area contributed by atoms with E-state index >= 15 is 0 Å². The van der Waals surface area contributed by atoms with Crippen molar-refractivity contribution in [3.05, 3.63) is 23.8 Å². The highest BCUT2D eigenvalue weighted by Gasteiger charge is 2.17. The van der Waals surface area contributed by atoms with Crippen molar-refractivity contribution in [2.24, 2.45) is 5.41 Å². The second-order valence-electron chi connectivity index (χ2n) is 5.39. The van der Waals surface area contributed by atoms with Gasteiger partial charge in [-0.3, -0.25) is 0 Å². The molecule has 1 heterocycles. The third-order valence-electron chi connectivity index (χ3n) is 3.04. The molecule has 0 unspecified atom stereocenters. The van der Waals surface area contributed by atoms with Crippen LogP contribution in [-0.2, 0) is 6.54 Å². The van der Waals surface area contributed by atoms with Gasteiger partial charge in [-0.2, -0.15) is 5.26 Å². The third kappa shape index (κ3) is 3.62. The summed E-state index contributed by atoms with van der Waals surface area (Å²) >= 11 is 0. The van der Waals surface area contributed by atoms with E-state index in [0.29, 0.717) is 26.3 Å². The lowest BCUT2D eigenvalue weighted by molar-refractivity contribution is 0.295. The van der Waals surface area contributed by atoms with E-state index in [0.717, 1.165) is 23.5 Å². The summed E-state index contributed by atoms with van der Waals surface area (Å²) in [5.74, 6) is 1.65. The Balaban J connectivity index is 2.03. The summed E-state index contributed by atoms with van der Waals surface area (Å²) in [5.41, 5.74) is 0.719. The zero-order valence-electron chi connectivity index (χ0n) is 11.5. The van der Waals surface area contributed by atoms with Gasteiger partial charge in [0.15, 0.2) is 11.5 Å². The van der Waals surface area contributed by atoms with E-state index in [1.807, 2.05) is 32.0 Å². The highest BCUT2D eigenvalue weighted by atomic mass is 16.5. The third-order valence-corrected chi connectivity index (χ3v) is 3.04. The second kappa shape index (κ2) is 5.94. The number of para-hydroxylation sites is 1. The molecule has 19 heavy (non-hydrogen) atoms. The van der Waals surface area contributed by atoms with Crippen LogP contribution in [0.5, 0.6) is 11.5 Å². The molecule has 0 bridgehead atoms. The number of benzene rings is 1. The number of hydrogen-bond donors (Lipinski definition) is 1. The van der Waals surface area contributed by atoms with Crippen LogP contribution in [0.4, 0.5) is 0 Å². The molecule has 0 saturated carbocycles. The minimum Gasteiger partial charge on any atom is -0.490 e. The van der Waals surface area contributed by atoms with Crippen molar-refractivity contribution < 1.29 is 9.47 Å². The van der Waals surface area contributed by atoms with Gasteiger partial charge < -0.3 is 14.8 Å². The standard InChI is InChI=1S/C15H20N2O2/c1-15(2,10-16)11-17-9-12-5-3-6-13-14(12)19-8-4-7-18-13/h3,5-6,17H,4,7-9,11H2,1-2H3. The number of ether oxygens (including phenoxy) is 2. The Morgan fingerprint density at radius 3 is 2.89 bits per heavy atom. The molecule has 1 aliphatic heterocycles. The predicted molar refractivity (Wildman–Crippen MR) is 73.1 cm³/mol. The maximum absolute atomic E-state index is 8.99. The molecule has 0 amide bonds. The van der Waals surface area contributed by atoms with Crippen LogP contribution >= 0.6 is 0 Å². The Morgan fingerprint density at radius 1 is 1.32 bits per heavy atom. The summed E-state index contributed by atoms with van der Waals surface area (Å²) in [7, 11) is 0. The van der Waals surface area contributed by atoms with Gasteiger partial charge in [-0.1, -0.05) is 12.1 Å². The maximum Gasteiger partial charge on any atom is 0.165 e. The van der Waals surface area contributed by atoms with Gasteiger partial charge in [0.05, 0.1) is 24.7 Å². The largest absolute Gasteiger partial charge is 0.490 e. The van der Waals surface area contributed by atoms with Crippen LogP contribution in [0, 0.1) is 16.7 Å². The van der Waals surface area contributed by atoms with E-state index in [4.69, 9.17) is 14.7 Å². The average molecular weight is 260 g/mol. The minimum atomic E-state index is -0.358. The Labute approximate surface area is 114 Å². The molecule has 1 aromatic rings. The molecule has 1 aliphatic rings. The summed E-state index contributed by atoms with van der Waals surface area (Å²) in [4.78, 5) is 0. The normalized spacial score (nSPS) is 14.6. The molecule has 1 N–H and O–H groups in total. The Kier molecular flexibility index (Phi) is 4.28. The van der Waals surface area contributed by atoms with Crippen molar-refractivity contribution in [1.82, 2.24) is 5.32 Å². The van der Waals surface area contributed by atoms with E-state index in [-0.39, 0.29) is 5.41 Å².